The van der Waals surface area contributed by atoms with Crippen molar-refractivity contribution >= 4 is 29.1 Å². The minimum absolute atomic E-state index is 0.0139. The van der Waals surface area contributed by atoms with Crippen molar-refractivity contribution in [3.05, 3.63) is 40.6 Å². The zero-order valence-electron chi connectivity index (χ0n) is 26.4. The summed E-state index contributed by atoms with van der Waals surface area (Å²) in [5, 5.41) is 47.3. The summed E-state index contributed by atoms with van der Waals surface area (Å²) in [7, 11) is 1.19. The van der Waals surface area contributed by atoms with Gasteiger partial charge in [0.05, 0.1) is 12.8 Å². The summed E-state index contributed by atoms with van der Waals surface area (Å²) in [6, 6.07) is 2.83. The van der Waals surface area contributed by atoms with Crippen molar-refractivity contribution in [2.75, 3.05) is 13.7 Å². The van der Waals surface area contributed by atoms with E-state index in [-0.39, 0.29) is 28.7 Å². The molecule has 1 aromatic rings. The van der Waals surface area contributed by atoms with Crippen LogP contribution in [0.1, 0.15) is 77.7 Å². The molecule has 0 saturated heterocycles. The summed E-state index contributed by atoms with van der Waals surface area (Å²) >= 11 is 0. The Labute approximate surface area is 263 Å². The molecule has 45 heavy (non-hydrogen) atoms. The number of phenolic OH excluding ortho intramolecular Hbond substituents is 1. The summed E-state index contributed by atoms with van der Waals surface area (Å²) in [4.78, 5) is 42.9. The number of aliphatic hydroxyl groups is 1. The van der Waals surface area contributed by atoms with Gasteiger partial charge in [-0.25, -0.2) is 10.0 Å². The van der Waals surface area contributed by atoms with Crippen LogP contribution in [0.15, 0.2) is 35.0 Å². The summed E-state index contributed by atoms with van der Waals surface area (Å²) in [5.74, 6) is -0.519. The van der Waals surface area contributed by atoms with E-state index in [1.165, 1.54) is 37.8 Å². The van der Waals surface area contributed by atoms with E-state index in [1.807, 2.05) is 0 Å². The maximum atomic E-state index is 12.7. The fourth-order valence-electron chi connectivity index (χ4n) is 9.10. The second kappa shape index (κ2) is 12.5. The van der Waals surface area contributed by atoms with Crippen LogP contribution in [0.4, 0.5) is 5.69 Å². The summed E-state index contributed by atoms with van der Waals surface area (Å²) < 4.78 is 4.81. The van der Waals surface area contributed by atoms with Gasteiger partial charge >= 0.3 is 5.97 Å². The Kier molecular flexibility index (Phi) is 9.16. The predicted octanol–water partition coefficient (Wildman–Crippen LogP) is 2.65. The van der Waals surface area contributed by atoms with Crippen molar-refractivity contribution in [1.29, 1.82) is 0 Å². The fraction of sp³-hybridized carbons (Fsp3) is 0.636. The number of fused-ring (bicyclic) bond motifs is 5. The van der Waals surface area contributed by atoms with Crippen LogP contribution in [-0.4, -0.2) is 64.2 Å². The molecule has 8 atom stereocenters. The molecule has 0 bridgehead atoms. The lowest BCUT2D eigenvalue weighted by atomic mass is 9.46. The molecular formula is C33H45N3O9. The third-order valence-corrected chi connectivity index (χ3v) is 11.6. The SMILES string of the molecule is COC(=O)C(Cc1ccc(O)c([NH+]([O-])O)c1)NC(=O)CO/N=C1\C=C2CCC3C(CC[C@@]4(C)C3CC[C@]4(O)C(C)=O)[C@@]2(C)CC1. The van der Waals surface area contributed by atoms with E-state index in [2.05, 4.69) is 30.4 Å². The molecule has 4 aliphatic rings. The average Bonchev–Trinajstić information content (AvgIpc) is 3.28. The lowest BCUT2D eigenvalue weighted by Gasteiger charge is -2.59. The number of aromatic hydroxyl groups is 1. The number of Topliss-reactive ketones (excluding diaryl/α,β-unsaturated/α-hetero) is 1. The lowest BCUT2D eigenvalue weighted by Crippen LogP contribution is -2.99. The number of carbonyl (C=O) groups excluding carboxylic acids is 3. The van der Waals surface area contributed by atoms with Gasteiger partial charge in [-0.2, -0.15) is 5.23 Å². The van der Waals surface area contributed by atoms with Crippen LogP contribution in [0.25, 0.3) is 0 Å². The van der Waals surface area contributed by atoms with Crippen molar-refractivity contribution < 1.29 is 44.6 Å². The van der Waals surface area contributed by atoms with Crippen LogP contribution in [0.3, 0.4) is 0 Å². The van der Waals surface area contributed by atoms with Gasteiger partial charge in [0.25, 0.3) is 5.91 Å². The molecule has 4 aliphatic carbocycles. The molecule has 5 N–H and O–H groups in total. The number of nitrogens with one attached hydrogen (secondary N) is 2. The Balaban J connectivity index is 1.20. The molecule has 5 rings (SSSR count). The Bertz CT molecular complexity index is 1410. The number of rotatable bonds is 9. The Morgan fingerprint density at radius 1 is 1.13 bits per heavy atom. The second-order valence-electron chi connectivity index (χ2n) is 13.8. The first kappa shape index (κ1) is 33.1. The molecular weight excluding hydrogens is 582 g/mol. The standard InChI is InChI=1S/C33H45N3O9/c1-19(37)33(41)14-11-25-23-7-6-21-17-22(9-12-31(21,2)24(23)10-13-32(25,33)3)35-45-18-29(39)34-26(30(40)44-4)15-20-5-8-28(38)27(16-20)36(42)43/h5,8,16-17,23-26,36,38,41-42H,6-7,9-15,18H2,1-4H3,(H,34,39)/b35-22-/t23?,24?,25?,26?,31-,32-,33-/m0/s1. The first-order chi connectivity index (χ1) is 21.2. The first-order valence-electron chi connectivity index (χ1n) is 15.8. The molecule has 1 amide bonds. The normalized spacial score (nSPS) is 34.4. The van der Waals surface area contributed by atoms with Crippen LogP contribution in [0.5, 0.6) is 5.75 Å². The fourth-order valence-corrected chi connectivity index (χ4v) is 9.10. The van der Waals surface area contributed by atoms with Crippen LogP contribution >= 0.6 is 0 Å². The van der Waals surface area contributed by atoms with Crippen molar-refractivity contribution in [3.8, 4) is 5.75 Å². The van der Waals surface area contributed by atoms with Crippen LogP contribution in [0, 0.1) is 33.8 Å². The van der Waals surface area contributed by atoms with E-state index < -0.39 is 41.1 Å². The number of phenols is 1. The number of amides is 1. The van der Waals surface area contributed by atoms with E-state index in [9.17, 15) is 35.0 Å². The third kappa shape index (κ3) is 5.89. The molecule has 0 radical (unpaired) electrons. The molecule has 3 saturated carbocycles. The molecule has 0 aromatic heterocycles. The molecule has 246 valence electrons. The highest BCUT2D eigenvalue weighted by atomic mass is 16.8. The van der Waals surface area contributed by atoms with E-state index in [4.69, 9.17) is 9.57 Å². The Morgan fingerprint density at radius 3 is 2.56 bits per heavy atom. The summed E-state index contributed by atoms with van der Waals surface area (Å²) in [6.07, 6.45) is 8.86. The predicted molar refractivity (Wildman–Crippen MR) is 162 cm³/mol. The highest BCUT2D eigenvalue weighted by molar-refractivity contribution is 5.96. The van der Waals surface area contributed by atoms with Gasteiger partial charge in [-0.15, -0.1) is 0 Å². The maximum absolute atomic E-state index is 12.7. The van der Waals surface area contributed by atoms with Crippen LogP contribution < -0.4 is 10.5 Å². The number of quaternary nitrogens is 1. The highest BCUT2D eigenvalue weighted by Crippen LogP contribution is 2.67. The third-order valence-electron chi connectivity index (χ3n) is 11.6. The van der Waals surface area contributed by atoms with Gasteiger partial charge in [-0.1, -0.05) is 30.6 Å². The van der Waals surface area contributed by atoms with Crippen molar-refractivity contribution in [3.63, 3.8) is 0 Å². The van der Waals surface area contributed by atoms with Gasteiger partial charge in [0.15, 0.2) is 18.1 Å². The number of benzene rings is 1. The Morgan fingerprint density at radius 2 is 1.87 bits per heavy atom. The quantitative estimate of drug-likeness (QED) is 0.156. The molecule has 0 aliphatic heterocycles. The smallest absolute Gasteiger partial charge is 0.328 e. The molecule has 12 heteroatoms. The summed E-state index contributed by atoms with van der Waals surface area (Å²) in [6.45, 7) is 5.59. The highest BCUT2D eigenvalue weighted by Gasteiger charge is 2.65. The van der Waals surface area contributed by atoms with Gasteiger partial charge in [-0.05, 0) is 99.2 Å². The van der Waals surface area contributed by atoms with Crippen LogP contribution in [-0.2, 0) is 30.4 Å². The summed E-state index contributed by atoms with van der Waals surface area (Å²) in [5.41, 5.74) is 0.627. The van der Waals surface area contributed by atoms with E-state index in [0.29, 0.717) is 36.2 Å². The molecule has 3 fully saturated rings. The minimum atomic E-state index is -1.32. The van der Waals surface area contributed by atoms with Crippen LogP contribution in [0.2, 0.25) is 0 Å². The van der Waals surface area contributed by atoms with E-state index in [1.54, 1.807) is 0 Å². The number of hydrogen-bond donors (Lipinski definition) is 5. The minimum Gasteiger partial charge on any atom is -0.595 e. The number of esters is 1. The molecule has 1 aromatic carbocycles. The molecule has 0 spiro atoms. The maximum Gasteiger partial charge on any atom is 0.328 e. The molecule has 12 nitrogen and oxygen atoms in total. The topological polar surface area (TPSA) is 182 Å². The monoisotopic (exact) mass is 627 g/mol. The largest absolute Gasteiger partial charge is 0.595 e. The lowest BCUT2D eigenvalue weighted by molar-refractivity contribution is -0.991. The Hall–Kier alpha value is -3.32. The number of hydrogen-bond acceptors (Lipinski definition) is 10. The average molecular weight is 628 g/mol. The molecule has 0 heterocycles. The van der Waals surface area contributed by atoms with Gasteiger partial charge in [0, 0.05) is 17.9 Å². The number of methoxy groups -OCH3 is 1. The van der Waals surface area contributed by atoms with E-state index in [0.717, 1.165) is 44.2 Å². The van der Waals surface area contributed by atoms with Crippen molar-refractivity contribution in [2.45, 2.75) is 90.2 Å². The number of ether oxygens (including phenoxy) is 1. The zero-order chi connectivity index (χ0) is 32.7. The van der Waals surface area contributed by atoms with E-state index >= 15 is 0 Å². The van der Waals surface area contributed by atoms with Gasteiger partial charge in [-0.3, -0.25) is 9.59 Å². The zero-order valence-corrected chi connectivity index (χ0v) is 26.4. The number of oxime groups is 1. The number of nitrogens with zero attached hydrogens (tertiary/aromatic N) is 1. The van der Waals surface area contributed by atoms with Crippen molar-refractivity contribution in [2.24, 2.45) is 33.7 Å². The second-order valence-corrected chi connectivity index (χ2v) is 13.8. The number of carbonyl (C=O) groups is 3. The molecule has 5 unspecified atom stereocenters. The van der Waals surface area contributed by atoms with Crippen molar-refractivity contribution in [1.82, 2.24) is 5.32 Å². The van der Waals surface area contributed by atoms with Gasteiger partial charge < -0.3 is 30.3 Å². The number of allylic oxidation sites excluding steroid dienone is 2. The van der Waals surface area contributed by atoms with Gasteiger partial charge in [0.2, 0.25) is 5.69 Å². The first-order valence-corrected chi connectivity index (χ1v) is 15.8. The number of ketones is 1. The van der Waals surface area contributed by atoms with Gasteiger partial charge in [0.1, 0.15) is 11.6 Å².